The van der Waals surface area contributed by atoms with E-state index in [0.717, 1.165) is 0 Å². The van der Waals surface area contributed by atoms with Gasteiger partial charge < -0.3 is 56.8 Å². The number of rotatable bonds is 25. The monoisotopic (exact) mass is 1050 g/mol. The zero-order valence-corrected chi connectivity index (χ0v) is 41.5. The second-order valence-corrected chi connectivity index (χ2v) is 16.0. The Morgan fingerprint density at radius 1 is 0.303 bits per heavy atom. The van der Waals surface area contributed by atoms with Crippen LogP contribution in [0.4, 0.5) is 0 Å². The Kier molecular flexibility index (Phi) is 21.9. The van der Waals surface area contributed by atoms with E-state index in [4.69, 9.17) is 56.8 Å². The van der Waals surface area contributed by atoms with Gasteiger partial charge in [0.1, 0.15) is 48.1 Å². The molecular weight excluding hydrogens is 1000 g/mol. The van der Waals surface area contributed by atoms with Crippen molar-refractivity contribution in [1.29, 1.82) is 0 Å². The van der Waals surface area contributed by atoms with Gasteiger partial charge in [-0.2, -0.15) is 0 Å². The van der Waals surface area contributed by atoms with Crippen LogP contribution in [0.25, 0.3) is 0 Å². The number of esters is 10. The molecule has 0 heterocycles. The Balaban J connectivity index is 1.37. The van der Waals surface area contributed by atoms with Crippen molar-refractivity contribution < 1.29 is 105 Å². The van der Waals surface area contributed by atoms with Gasteiger partial charge >= 0.3 is 59.7 Å². The highest BCUT2D eigenvalue weighted by Crippen LogP contribution is 2.21. The molecule has 0 spiro atoms. The molecule has 0 aliphatic carbocycles. The van der Waals surface area contributed by atoms with E-state index in [0.29, 0.717) is 0 Å². The first-order valence-corrected chi connectivity index (χ1v) is 22.8. The second-order valence-electron chi connectivity index (χ2n) is 16.0. The molecule has 0 aromatic heterocycles. The topological polar surface area (TPSA) is 281 Å². The van der Waals surface area contributed by atoms with Gasteiger partial charge in [-0.25, -0.2) is 24.0 Å². The van der Waals surface area contributed by atoms with Crippen LogP contribution in [-0.2, 0) is 57.1 Å². The predicted molar refractivity (Wildman–Crippen MR) is 259 cm³/mol. The van der Waals surface area contributed by atoms with Crippen molar-refractivity contribution in [2.75, 3.05) is 39.6 Å². The largest absolute Gasteiger partial charge is 0.458 e. The third kappa shape index (κ3) is 20.0. The maximum atomic E-state index is 13.6. The van der Waals surface area contributed by atoms with Crippen molar-refractivity contribution in [3.8, 4) is 28.7 Å². The molecule has 0 radical (unpaired) electrons. The van der Waals surface area contributed by atoms with Crippen molar-refractivity contribution in [2.45, 2.75) is 52.9 Å². The molecule has 0 aliphatic rings. The van der Waals surface area contributed by atoms with Crippen LogP contribution in [-0.4, -0.2) is 118 Å². The summed E-state index contributed by atoms with van der Waals surface area (Å²) in [5.74, 6) is -7.70. The average Bonchev–Trinajstić information content (AvgIpc) is 3.36. The van der Waals surface area contributed by atoms with Gasteiger partial charge in [-0.15, -0.1) is 0 Å². The second kappa shape index (κ2) is 28.8. The fourth-order valence-corrected chi connectivity index (χ4v) is 6.44. The number of carbonyl (C=O) groups excluding carboxylic acids is 10. The Bertz CT molecular complexity index is 2770. The molecule has 0 N–H and O–H groups in total. The fraction of sp³-hybridized carbons (Fsp3) is 0.259. The smallest absolute Gasteiger partial charge is 0.338 e. The molecule has 5 aromatic carbocycles. The molecule has 0 bridgehead atoms. The molecule has 5 rings (SSSR count). The van der Waals surface area contributed by atoms with Crippen LogP contribution in [0.5, 0.6) is 28.7 Å². The van der Waals surface area contributed by atoms with Gasteiger partial charge in [0.15, 0.2) is 12.2 Å². The van der Waals surface area contributed by atoms with E-state index >= 15 is 0 Å². The highest BCUT2D eigenvalue weighted by atomic mass is 16.6. The van der Waals surface area contributed by atoms with Crippen molar-refractivity contribution in [3.05, 3.63) is 149 Å². The van der Waals surface area contributed by atoms with Gasteiger partial charge in [0, 0.05) is 34.6 Å². The van der Waals surface area contributed by atoms with Gasteiger partial charge in [0.25, 0.3) is 0 Å². The first kappa shape index (κ1) is 57.6. The Morgan fingerprint density at radius 2 is 0.513 bits per heavy atom. The number of hydrogen-bond donors (Lipinski definition) is 0. The Labute approximate surface area is 433 Å². The summed E-state index contributed by atoms with van der Waals surface area (Å²) in [5.41, 5.74) is -0.238. The van der Waals surface area contributed by atoms with Crippen molar-refractivity contribution in [1.82, 2.24) is 0 Å². The van der Waals surface area contributed by atoms with Crippen LogP contribution >= 0.6 is 0 Å². The summed E-state index contributed by atoms with van der Waals surface area (Å²) < 4.78 is 65.3. The summed E-state index contributed by atoms with van der Waals surface area (Å²) in [5, 5.41) is 0. The lowest BCUT2D eigenvalue weighted by Gasteiger charge is -2.23. The van der Waals surface area contributed by atoms with Crippen molar-refractivity contribution >= 4 is 59.7 Å². The van der Waals surface area contributed by atoms with E-state index in [-0.39, 0.29) is 56.6 Å². The minimum absolute atomic E-state index is 0.0246. The van der Waals surface area contributed by atoms with Crippen LogP contribution in [0.2, 0.25) is 0 Å². The third-order valence-electron chi connectivity index (χ3n) is 9.49. The molecule has 2 unspecified atom stereocenters. The molecule has 22 heteroatoms. The van der Waals surface area contributed by atoms with Crippen LogP contribution in [0.15, 0.2) is 121 Å². The normalized spacial score (nSPS) is 11.8. The summed E-state index contributed by atoms with van der Waals surface area (Å²) in [6.45, 7) is 2.58. The highest BCUT2D eigenvalue weighted by Gasteiger charge is 2.26. The lowest BCUT2D eigenvalue weighted by molar-refractivity contribution is -0.132. The van der Waals surface area contributed by atoms with Crippen molar-refractivity contribution in [3.63, 3.8) is 0 Å². The molecule has 398 valence electrons. The Morgan fingerprint density at radius 3 is 0.737 bits per heavy atom. The van der Waals surface area contributed by atoms with E-state index in [1.165, 1.54) is 156 Å². The Hall–Kier alpha value is -9.28. The first-order chi connectivity index (χ1) is 36.3. The summed E-state index contributed by atoms with van der Waals surface area (Å²) in [6.07, 6.45) is -4.07. The number of carbonyl (C=O) groups is 10. The average molecular weight is 1050 g/mol. The van der Waals surface area contributed by atoms with Gasteiger partial charge in [-0.05, 0) is 91.0 Å². The zero-order valence-electron chi connectivity index (χ0n) is 41.5. The number of ether oxygens (including phenoxy) is 12. The van der Waals surface area contributed by atoms with Crippen molar-refractivity contribution in [2.24, 2.45) is 0 Å². The molecule has 0 saturated heterocycles. The van der Waals surface area contributed by atoms with Gasteiger partial charge in [-0.1, -0.05) is 30.3 Å². The molecule has 0 amide bonds. The van der Waals surface area contributed by atoms with Crippen LogP contribution in [0.1, 0.15) is 86.4 Å². The predicted octanol–water partition coefficient (Wildman–Crippen LogP) is 6.04. The van der Waals surface area contributed by atoms with Crippen LogP contribution in [0, 0.1) is 0 Å². The molecule has 5 aromatic rings. The molecule has 22 nitrogen and oxygen atoms in total. The number of hydrogen-bond acceptors (Lipinski definition) is 22. The molecule has 0 fully saturated rings. The summed E-state index contributed by atoms with van der Waals surface area (Å²) >= 11 is 0. The third-order valence-corrected chi connectivity index (χ3v) is 9.49. The van der Waals surface area contributed by atoms with Gasteiger partial charge in [-0.3, -0.25) is 24.0 Å². The lowest BCUT2D eigenvalue weighted by atomic mass is 10.2. The summed E-state index contributed by atoms with van der Waals surface area (Å²) in [4.78, 5) is 125. The van der Waals surface area contributed by atoms with E-state index in [1.54, 1.807) is 0 Å². The maximum Gasteiger partial charge on any atom is 0.338 e. The van der Waals surface area contributed by atoms with Crippen LogP contribution in [0.3, 0.4) is 0 Å². The minimum atomic E-state index is -1.37. The summed E-state index contributed by atoms with van der Waals surface area (Å²) in [7, 11) is 0. The van der Waals surface area contributed by atoms with Gasteiger partial charge in [0.05, 0.1) is 54.2 Å². The quantitative estimate of drug-likeness (QED) is 0.0366. The summed E-state index contributed by atoms with van der Waals surface area (Å²) in [6, 6.07) is 27.5. The molecular formula is C54H50O22. The molecule has 0 aliphatic heterocycles. The SMILES string of the molecule is CC(=O)Oc1cccc(C(=O)OCC(COCC(COCC(COC(=O)c2cccc(OC(C)=O)c2)OC(=O)c2cccc(OC(C)=O)c2)OC(=O)c2cccc(OC(C)=O)c2)OC(=O)c2cccc(OC(C)=O)c2)c1. The fourth-order valence-electron chi connectivity index (χ4n) is 6.44. The van der Waals surface area contributed by atoms with E-state index < -0.39 is 118 Å². The minimum Gasteiger partial charge on any atom is -0.458 e. The van der Waals surface area contributed by atoms with E-state index in [2.05, 4.69) is 0 Å². The zero-order chi connectivity index (χ0) is 55.1. The van der Waals surface area contributed by atoms with Gasteiger partial charge in [0.2, 0.25) is 0 Å². The highest BCUT2D eigenvalue weighted by molar-refractivity contribution is 5.93. The lowest BCUT2D eigenvalue weighted by Crippen LogP contribution is -2.35. The number of benzene rings is 5. The van der Waals surface area contributed by atoms with Crippen LogP contribution < -0.4 is 23.7 Å². The standard InChI is InChI=1S/C54H50O22/c1-32(55)69-42-16-6-11-37(21-42)50(60)67-30-48(75-53(63)40-14-9-19-45(24-40)72-35(4)58)28-65-26-47(74-52(62)39-13-8-18-44(23-39)71-34(3)57)27-66-29-49(76-54(64)41-15-10-20-46(25-41)73-36(5)59)31-68-51(61)38-12-7-17-43(22-38)70-33(2)56/h6-25,47-49H,26-31H2,1-5H3. The maximum absolute atomic E-state index is 13.6. The van der Waals surface area contributed by atoms with E-state index in [9.17, 15) is 47.9 Å². The van der Waals surface area contributed by atoms with E-state index in [1.807, 2.05) is 0 Å². The molecule has 76 heavy (non-hydrogen) atoms. The molecule has 0 saturated carbocycles. The first-order valence-electron chi connectivity index (χ1n) is 22.8. The molecule has 2 atom stereocenters.